The van der Waals surface area contributed by atoms with Gasteiger partial charge < -0.3 is 19.7 Å². The maximum atomic E-state index is 5.40. The first kappa shape index (κ1) is 14.9. The lowest BCUT2D eigenvalue weighted by atomic mass is 10.2. The summed E-state index contributed by atoms with van der Waals surface area (Å²) in [5, 5.41) is 3.45. The standard InChI is InChI=1S/C12H27N3O2/c1-14-5-6-15(2)12(11-14)10-13-4-7-17-9-8-16-3/h12-13H,4-11H2,1-3H3. The molecule has 0 amide bonds. The van der Waals surface area contributed by atoms with Crippen LogP contribution in [0.25, 0.3) is 0 Å². The zero-order valence-electron chi connectivity index (χ0n) is 11.4. The molecule has 1 atom stereocenters. The highest BCUT2D eigenvalue weighted by Gasteiger charge is 2.21. The highest BCUT2D eigenvalue weighted by molar-refractivity contribution is 4.79. The van der Waals surface area contributed by atoms with Crippen LogP contribution in [0.5, 0.6) is 0 Å². The molecule has 1 heterocycles. The van der Waals surface area contributed by atoms with Crippen LogP contribution in [0.4, 0.5) is 0 Å². The van der Waals surface area contributed by atoms with Gasteiger partial charge in [-0.2, -0.15) is 0 Å². The van der Waals surface area contributed by atoms with Crippen molar-refractivity contribution in [3.8, 4) is 0 Å². The zero-order valence-corrected chi connectivity index (χ0v) is 11.4. The molecule has 0 saturated carbocycles. The number of rotatable bonds is 8. The Labute approximate surface area is 105 Å². The van der Waals surface area contributed by atoms with E-state index in [1.54, 1.807) is 7.11 Å². The molecule has 0 aromatic carbocycles. The quantitative estimate of drug-likeness (QED) is 0.583. The minimum atomic E-state index is 0.618. The van der Waals surface area contributed by atoms with Crippen LogP contribution in [0.2, 0.25) is 0 Å². The summed E-state index contributed by atoms with van der Waals surface area (Å²) in [5.74, 6) is 0. The Hall–Kier alpha value is -0.200. The average Bonchev–Trinajstić information content (AvgIpc) is 2.32. The number of hydrogen-bond donors (Lipinski definition) is 1. The molecule has 0 radical (unpaired) electrons. The first-order valence-corrected chi connectivity index (χ1v) is 6.40. The summed E-state index contributed by atoms with van der Waals surface area (Å²) in [4.78, 5) is 4.82. The van der Waals surface area contributed by atoms with Crippen LogP contribution in [0, 0.1) is 0 Å². The Morgan fingerprint density at radius 1 is 1.18 bits per heavy atom. The molecule has 1 aliphatic heterocycles. The fourth-order valence-electron chi connectivity index (χ4n) is 1.98. The van der Waals surface area contributed by atoms with Gasteiger partial charge in [0.05, 0.1) is 19.8 Å². The van der Waals surface area contributed by atoms with Crippen molar-refractivity contribution in [3.05, 3.63) is 0 Å². The van der Waals surface area contributed by atoms with E-state index in [-0.39, 0.29) is 0 Å². The molecule has 1 saturated heterocycles. The van der Waals surface area contributed by atoms with E-state index in [9.17, 15) is 0 Å². The Balaban J connectivity index is 1.97. The molecule has 1 fully saturated rings. The number of piperazine rings is 1. The van der Waals surface area contributed by atoms with Gasteiger partial charge in [-0.1, -0.05) is 0 Å². The molecule has 1 rings (SSSR count). The lowest BCUT2D eigenvalue weighted by molar-refractivity contribution is 0.0694. The normalized spacial score (nSPS) is 23.1. The second kappa shape index (κ2) is 8.83. The van der Waals surface area contributed by atoms with Gasteiger partial charge in [0.15, 0.2) is 0 Å². The predicted octanol–water partition coefficient (Wildman–Crippen LogP) is -0.515. The summed E-state index contributed by atoms with van der Waals surface area (Å²) in [5.41, 5.74) is 0. The molecule has 0 aromatic rings. The van der Waals surface area contributed by atoms with E-state index in [0.29, 0.717) is 19.3 Å². The van der Waals surface area contributed by atoms with E-state index < -0.39 is 0 Å². The van der Waals surface area contributed by atoms with Gasteiger partial charge in [-0.15, -0.1) is 0 Å². The van der Waals surface area contributed by atoms with Crippen molar-refractivity contribution in [3.63, 3.8) is 0 Å². The summed E-state index contributed by atoms with van der Waals surface area (Å²) in [7, 11) is 6.08. The molecule has 0 aliphatic carbocycles. The van der Waals surface area contributed by atoms with Crippen LogP contribution in [-0.4, -0.2) is 89.6 Å². The third-order valence-corrected chi connectivity index (χ3v) is 3.22. The first-order chi connectivity index (χ1) is 8.24. The summed E-state index contributed by atoms with van der Waals surface area (Å²) in [6.45, 7) is 7.55. The maximum absolute atomic E-state index is 5.40. The Bertz CT molecular complexity index is 193. The third kappa shape index (κ3) is 6.33. The van der Waals surface area contributed by atoms with Gasteiger partial charge in [0.1, 0.15) is 0 Å². The smallest absolute Gasteiger partial charge is 0.0700 e. The molecule has 17 heavy (non-hydrogen) atoms. The summed E-state index contributed by atoms with van der Waals surface area (Å²) in [6, 6.07) is 0.618. The second-order valence-corrected chi connectivity index (χ2v) is 4.71. The van der Waals surface area contributed by atoms with Crippen LogP contribution in [0.15, 0.2) is 0 Å². The maximum Gasteiger partial charge on any atom is 0.0700 e. The van der Waals surface area contributed by atoms with Gasteiger partial charge in [-0.25, -0.2) is 0 Å². The highest BCUT2D eigenvalue weighted by Crippen LogP contribution is 2.04. The number of nitrogens with one attached hydrogen (secondary N) is 1. The minimum Gasteiger partial charge on any atom is -0.382 e. The SMILES string of the molecule is COCCOCCNCC1CN(C)CCN1C. The molecule has 1 aliphatic rings. The van der Waals surface area contributed by atoms with Crippen LogP contribution >= 0.6 is 0 Å². The molecule has 1 unspecified atom stereocenters. The fourth-order valence-corrected chi connectivity index (χ4v) is 1.98. The average molecular weight is 245 g/mol. The fraction of sp³-hybridized carbons (Fsp3) is 1.00. The summed E-state index contributed by atoms with van der Waals surface area (Å²) in [6.07, 6.45) is 0. The molecule has 5 nitrogen and oxygen atoms in total. The van der Waals surface area contributed by atoms with Gasteiger partial charge in [-0.3, -0.25) is 4.90 Å². The van der Waals surface area contributed by atoms with Crippen molar-refractivity contribution >= 4 is 0 Å². The molecule has 102 valence electrons. The van der Waals surface area contributed by atoms with Crippen LogP contribution in [0.3, 0.4) is 0 Å². The highest BCUT2D eigenvalue weighted by atomic mass is 16.5. The van der Waals surface area contributed by atoms with Crippen molar-refractivity contribution in [2.75, 3.05) is 73.7 Å². The lowest BCUT2D eigenvalue weighted by Gasteiger charge is -2.37. The van der Waals surface area contributed by atoms with E-state index in [2.05, 4.69) is 29.2 Å². The van der Waals surface area contributed by atoms with Crippen molar-refractivity contribution in [2.45, 2.75) is 6.04 Å². The van der Waals surface area contributed by atoms with Crippen LogP contribution < -0.4 is 5.32 Å². The predicted molar refractivity (Wildman–Crippen MR) is 69.5 cm³/mol. The first-order valence-electron chi connectivity index (χ1n) is 6.40. The van der Waals surface area contributed by atoms with E-state index in [0.717, 1.165) is 32.8 Å². The van der Waals surface area contributed by atoms with Gasteiger partial charge in [-0.05, 0) is 14.1 Å². The van der Waals surface area contributed by atoms with E-state index >= 15 is 0 Å². The summed E-state index contributed by atoms with van der Waals surface area (Å²) < 4.78 is 10.3. The number of ether oxygens (including phenoxy) is 2. The van der Waals surface area contributed by atoms with Gasteiger partial charge >= 0.3 is 0 Å². The monoisotopic (exact) mass is 245 g/mol. The van der Waals surface area contributed by atoms with Crippen LogP contribution in [-0.2, 0) is 9.47 Å². The zero-order chi connectivity index (χ0) is 12.5. The Morgan fingerprint density at radius 3 is 2.76 bits per heavy atom. The molecule has 1 N–H and O–H groups in total. The van der Waals surface area contributed by atoms with Gasteiger partial charge in [0.25, 0.3) is 0 Å². The van der Waals surface area contributed by atoms with Crippen LogP contribution in [0.1, 0.15) is 0 Å². The van der Waals surface area contributed by atoms with Crippen molar-refractivity contribution in [1.29, 1.82) is 0 Å². The van der Waals surface area contributed by atoms with Crippen molar-refractivity contribution in [1.82, 2.24) is 15.1 Å². The number of nitrogens with zero attached hydrogens (tertiary/aromatic N) is 2. The van der Waals surface area contributed by atoms with Gasteiger partial charge in [0, 0.05) is 45.9 Å². The third-order valence-electron chi connectivity index (χ3n) is 3.22. The molecule has 0 spiro atoms. The number of hydrogen-bond acceptors (Lipinski definition) is 5. The summed E-state index contributed by atoms with van der Waals surface area (Å²) >= 11 is 0. The van der Waals surface area contributed by atoms with E-state index in [1.165, 1.54) is 6.54 Å². The van der Waals surface area contributed by atoms with E-state index in [1.807, 2.05) is 0 Å². The van der Waals surface area contributed by atoms with Crippen molar-refractivity contribution in [2.24, 2.45) is 0 Å². The number of methoxy groups -OCH3 is 1. The molecular formula is C12H27N3O2. The largest absolute Gasteiger partial charge is 0.382 e. The molecule has 0 aromatic heterocycles. The Kier molecular flexibility index (Phi) is 7.72. The van der Waals surface area contributed by atoms with Crippen molar-refractivity contribution < 1.29 is 9.47 Å². The molecule has 5 heteroatoms. The Morgan fingerprint density at radius 2 is 2.00 bits per heavy atom. The van der Waals surface area contributed by atoms with E-state index in [4.69, 9.17) is 9.47 Å². The lowest BCUT2D eigenvalue weighted by Crippen LogP contribution is -2.54. The van der Waals surface area contributed by atoms with Gasteiger partial charge in [0.2, 0.25) is 0 Å². The molecule has 0 bridgehead atoms. The number of likely N-dealkylation sites (N-methyl/N-ethyl adjacent to an activating group) is 2. The topological polar surface area (TPSA) is 37.0 Å². The molecular weight excluding hydrogens is 218 g/mol. The minimum absolute atomic E-state index is 0.618. The second-order valence-electron chi connectivity index (χ2n) is 4.71.